The van der Waals surface area contributed by atoms with E-state index in [-0.39, 0.29) is 11.9 Å². The molecule has 1 aromatic carbocycles. The second-order valence-electron chi connectivity index (χ2n) is 5.91. The van der Waals surface area contributed by atoms with Crippen molar-refractivity contribution in [1.29, 1.82) is 0 Å². The topological polar surface area (TPSA) is 83.6 Å². The van der Waals surface area contributed by atoms with Crippen LogP contribution < -0.4 is 10.6 Å². The van der Waals surface area contributed by atoms with Crippen molar-refractivity contribution in [2.75, 3.05) is 39.1 Å². The molecular weight excluding hydrogens is 332 g/mol. The Morgan fingerprint density at radius 3 is 2.35 bits per heavy atom. The van der Waals surface area contributed by atoms with Crippen molar-refractivity contribution < 1.29 is 14.3 Å². The summed E-state index contributed by atoms with van der Waals surface area (Å²) < 4.78 is 4.95. The average Bonchev–Trinajstić information content (AvgIpc) is 2.63. The summed E-state index contributed by atoms with van der Waals surface area (Å²) in [5, 5.41) is 5.99. The number of aromatic nitrogens is 1. The third kappa shape index (κ3) is 5.86. The number of esters is 1. The molecule has 7 nitrogen and oxygen atoms in total. The Morgan fingerprint density at radius 2 is 1.77 bits per heavy atom. The molecule has 26 heavy (non-hydrogen) atoms. The van der Waals surface area contributed by atoms with Gasteiger partial charge in [0.1, 0.15) is 5.69 Å². The third-order valence-corrected chi connectivity index (χ3v) is 3.53. The molecule has 0 aliphatic carbocycles. The molecule has 1 heterocycles. The van der Waals surface area contributed by atoms with Crippen LogP contribution in [0.2, 0.25) is 0 Å². The van der Waals surface area contributed by atoms with Crippen LogP contribution in [0.15, 0.2) is 42.6 Å². The molecule has 138 valence electrons. The zero-order valence-electron chi connectivity index (χ0n) is 15.3. The van der Waals surface area contributed by atoms with Gasteiger partial charge in [0, 0.05) is 18.8 Å². The van der Waals surface area contributed by atoms with Crippen molar-refractivity contribution in [3.63, 3.8) is 0 Å². The van der Waals surface area contributed by atoms with Gasteiger partial charge in [0.05, 0.1) is 24.1 Å². The highest BCUT2D eigenvalue weighted by Gasteiger charge is 2.08. The lowest BCUT2D eigenvalue weighted by Gasteiger charge is -2.10. The molecule has 0 atom stereocenters. The largest absolute Gasteiger partial charge is 0.462 e. The first kappa shape index (κ1) is 19.4. The molecule has 0 bridgehead atoms. The number of hydrogen-bond acceptors (Lipinski definition) is 6. The Bertz CT molecular complexity index is 727. The smallest absolute Gasteiger partial charge is 0.338 e. The summed E-state index contributed by atoms with van der Waals surface area (Å²) in [6.45, 7) is 3.46. The van der Waals surface area contributed by atoms with E-state index in [1.54, 1.807) is 49.5 Å². The van der Waals surface area contributed by atoms with Crippen molar-refractivity contribution in [2.24, 2.45) is 0 Å². The number of nitrogens with one attached hydrogen (secondary N) is 2. The van der Waals surface area contributed by atoms with Gasteiger partial charge in [-0.05, 0) is 57.4 Å². The number of pyridine rings is 1. The van der Waals surface area contributed by atoms with Gasteiger partial charge in [0.2, 0.25) is 0 Å². The number of ether oxygens (including phenoxy) is 1. The molecule has 0 aliphatic heterocycles. The van der Waals surface area contributed by atoms with Gasteiger partial charge in [-0.25, -0.2) is 9.78 Å². The van der Waals surface area contributed by atoms with Crippen molar-refractivity contribution in [3.8, 4) is 0 Å². The van der Waals surface area contributed by atoms with Crippen molar-refractivity contribution in [1.82, 2.24) is 15.2 Å². The molecule has 1 amide bonds. The molecule has 0 spiro atoms. The quantitative estimate of drug-likeness (QED) is 0.706. The van der Waals surface area contributed by atoms with Gasteiger partial charge in [-0.15, -0.1) is 0 Å². The molecule has 2 rings (SSSR count). The highest BCUT2D eigenvalue weighted by molar-refractivity contribution is 5.92. The van der Waals surface area contributed by atoms with Gasteiger partial charge in [-0.3, -0.25) is 4.79 Å². The van der Waals surface area contributed by atoms with Gasteiger partial charge in [0.15, 0.2) is 0 Å². The predicted octanol–water partition coefficient (Wildman–Crippen LogP) is 2.29. The maximum Gasteiger partial charge on any atom is 0.338 e. The second kappa shape index (κ2) is 9.53. The fourth-order valence-electron chi connectivity index (χ4n) is 2.16. The molecule has 7 heteroatoms. The zero-order valence-corrected chi connectivity index (χ0v) is 15.3. The first-order chi connectivity index (χ1) is 12.5. The van der Waals surface area contributed by atoms with E-state index in [9.17, 15) is 9.59 Å². The van der Waals surface area contributed by atoms with E-state index in [1.807, 2.05) is 19.0 Å². The van der Waals surface area contributed by atoms with Crippen molar-refractivity contribution in [3.05, 3.63) is 53.9 Å². The van der Waals surface area contributed by atoms with Crippen LogP contribution in [0, 0.1) is 0 Å². The summed E-state index contributed by atoms with van der Waals surface area (Å²) in [5.74, 6) is -0.539. The highest BCUT2D eigenvalue weighted by Crippen LogP contribution is 2.17. The maximum absolute atomic E-state index is 12.0. The molecular formula is C19H24N4O3. The summed E-state index contributed by atoms with van der Waals surface area (Å²) >= 11 is 0. The lowest BCUT2D eigenvalue weighted by atomic mass is 10.2. The SMILES string of the molecule is CCOC(=O)c1ccc(Nc2ccc(C(=O)NCCN(C)C)nc2)cc1. The minimum atomic E-state index is -0.342. The molecule has 1 aromatic heterocycles. The van der Waals surface area contributed by atoms with Crippen LogP contribution in [0.4, 0.5) is 11.4 Å². The van der Waals surface area contributed by atoms with E-state index in [0.717, 1.165) is 17.9 Å². The lowest BCUT2D eigenvalue weighted by molar-refractivity contribution is 0.0526. The minimum Gasteiger partial charge on any atom is -0.462 e. The summed E-state index contributed by atoms with van der Waals surface area (Å²) in [7, 11) is 3.90. The molecule has 0 radical (unpaired) electrons. The van der Waals surface area contributed by atoms with E-state index < -0.39 is 0 Å². The molecule has 0 unspecified atom stereocenters. The third-order valence-electron chi connectivity index (χ3n) is 3.53. The summed E-state index contributed by atoms with van der Waals surface area (Å²) in [4.78, 5) is 29.8. The van der Waals surface area contributed by atoms with Gasteiger partial charge in [-0.2, -0.15) is 0 Å². The molecule has 0 fully saturated rings. The molecule has 0 aliphatic rings. The zero-order chi connectivity index (χ0) is 18.9. The minimum absolute atomic E-state index is 0.197. The van der Waals surface area contributed by atoms with Crippen molar-refractivity contribution in [2.45, 2.75) is 6.92 Å². The number of nitrogens with zero attached hydrogens (tertiary/aromatic N) is 2. The summed E-state index contributed by atoms with van der Waals surface area (Å²) in [6, 6.07) is 10.4. The number of carbonyl (C=O) groups is 2. The first-order valence-corrected chi connectivity index (χ1v) is 8.42. The highest BCUT2D eigenvalue weighted by atomic mass is 16.5. The fraction of sp³-hybridized carbons (Fsp3) is 0.316. The number of likely N-dealkylation sites (N-methyl/N-ethyl adjacent to an activating group) is 1. The van der Waals surface area contributed by atoms with E-state index in [1.165, 1.54) is 0 Å². The number of benzene rings is 1. The van der Waals surface area contributed by atoms with Crippen LogP contribution >= 0.6 is 0 Å². The first-order valence-electron chi connectivity index (χ1n) is 8.42. The van der Waals surface area contributed by atoms with Crippen molar-refractivity contribution >= 4 is 23.3 Å². The van der Waals surface area contributed by atoms with Gasteiger partial charge < -0.3 is 20.3 Å². The molecule has 2 N–H and O–H groups in total. The Morgan fingerprint density at radius 1 is 1.08 bits per heavy atom. The molecule has 2 aromatic rings. The number of hydrogen-bond donors (Lipinski definition) is 2. The monoisotopic (exact) mass is 356 g/mol. The molecule has 0 saturated carbocycles. The Kier molecular flexibility index (Phi) is 7.11. The van der Waals surface area contributed by atoms with Crippen LogP contribution in [-0.4, -0.2) is 55.6 Å². The lowest BCUT2D eigenvalue weighted by Crippen LogP contribution is -2.31. The van der Waals surface area contributed by atoms with Crippen LogP contribution in [-0.2, 0) is 4.74 Å². The average molecular weight is 356 g/mol. The van der Waals surface area contributed by atoms with Gasteiger partial charge in [-0.1, -0.05) is 0 Å². The number of carbonyl (C=O) groups excluding carboxylic acids is 2. The van der Waals surface area contributed by atoms with Gasteiger partial charge >= 0.3 is 5.97 Å². The number of rotatable bonds is 8. The normalized spacial score (nSPS) is 10.5. The van der Waals surface area contributed by atoms with Gasteiger partial charge in [0.25, 0.3) is 5.91 Å². The van der Waals surface area contributed by atoms with E-state index >= 15 is 0 Å². The van der Waals surface area contributed by atoms with E-state index in [0.29, 0.717) is 24.4 Å². The van der Waals surface area contributed by atoms with Crippen LogP contribution in [0.3, 0.4) is 0 Å². The standard InChI is InChI=1S/C19H24N4O3/c1-4-26-19(25)14-5-7-15(8-6-14)22-16-9-10-17(21-13-16)18(24)20-11-12-23(2)3/h5-10,13,22H,4,11-12H2,1-3H3,(H,20,24). The Balaban J connectivity index is 1.92. The Labute approximate surface area is 153 Å². The maximum atomic E-state index is 12.0. The second-order valence-corrected chi connectivity index (χ2v) is 5.91. The molecule has 0 saturated heterocycles. The number of amides is 1. The number of anilines is 2. The predicted molar refractivity (Wildman–Crippen MR) is 101 cm³/mol. The van der Waals surface area contributed by atoms with Crippen LogP contribution in [0.25, 0.3) is 0 Å². The fourth-order valence-corrected chi connectivity index (χ4v) is 2.16. The summed E-state index contributed by atoms with van der Waals surface area (Å²) in [5.41, 5.74) is 2.42. The van der Waals surface area contributed by atoms with E-state index in [4.69, 9.17) is 4.74 Å². The van der Waals surface area contributed by atoms with Crippen LogP contribution in [0.5, 0.6) is 0 Å². The Hall–Kier alpha value is -2.93. The van der Waals surface area contributed by atoms with Crippen LogP contribution in [0.1, 0.15) is 27.8 Å². The van der Waals surface area contributed by atoms with E-state index in [2.05, 4.69) is 15.6 Å². The summed E-state index contributed by atoms with van der Waals surface area (Å²) in [6.07, 6.45) is 1.60.